The topological polar surface area (TPSA) is 41.1 Å². The summed E-state index contributed by atoms with van der Waals surface area (Å²) in [5.74, 6) is 0.114. The van der Waals surface area contributed by atoms with Gasteiger partial charge in [-0.2, -0.15) is 0 Å². The standard InChI is InChI=1S/C21H26N2OS.ClH/c1-15-8-9-19(16(2)14-15)25-20(17-6-4-3-5-7-17)21(24)23-18-10-12-22-13-11-18;/h3-9,14,18,20,22H,10-13H2,1-2H3,(H,23,24);1H. The summed E-state index contributed by atoms with van der Waals surface area (Å²) in [4.78, 5) is 14.2. The highest BCUT2D eigenvalue weighted by Gasteiger charge is 2.25. The van der Waals surface area contributed by atoms with Crippen LogP contribution in [0, 0.1) is 13.8 Å². The second kappa shape index (κ2) is 10.0. The first-order valence-electron chi connectivity index (χ1n) is 8.93. The Morgan fingerprint density at radius 2 is 1.81 bits per heavy atom. The number of carbonyl (C=O) groups is 1. The molecule has 2 aromatic carbocycles. The van der Waals surface area contributed by atoms with E-state index in [0.717, 1.165) is 31.5 Å². The van der Waals surface area contributed by atoms with Crippen molar-refractivity contribution >= 4 is 30.1 Å². The molecule has 1 atom stereocenters. The molecule has 140 valence electrons. The van der Waals surface area contributed by atoms with Crippen molar-refractivity contribution in [3.63, 3.8) is 0 Å². The third-order valence-corrected chi connectivity index (χ3v) is 6.04. The molecule has 0 bridgehead atoms. The van der Waals surface area contributed by atoms with E-state index in [1.807, 2.05) is 30.3 Å². The third kappa shape index (κ3) is 5.50. The lowest BCUT2D eigenvalue weighted by Crippen LogP contribution is -2.44. The molecule has 3 nitrogen and oxygen atoms in total. The number of thioether (sulfide) groups is 1. The number of halogens is 1. The first kappa shape index (κ1) is 20.8. The summed E-state index contributed by atoms with van der Waals surface area (Å²) in [6.07, 6.45) is 2.00. The smallest absolute Gasteiger partial charge is 0.238 e. The first-order chi connectivity index (χ1) is 12.1. The highest BCUT2D eigenvalue weighted by atomic mass is 35.5. The Morgan fingerprint density at radius 3 is 2.46 bits per heavy atom. The van der Waals surface area contributed by atoms with Crippen molar-refractivity contribution in [1.29, 1.82) is 0 Å². The lowest BCUT2D eigenvalue weighted by Gasteiger charge is -2.26. The predicted octanol–water partition coefficient (Wildman–Crippen LogP) is 4.43. The Morgan fingerprint density at radius 1 is 1.12 bits per heavy atom. The van der Waals surface area contributed by atoms with E-state index in [1.165, 1.54) is 16.0 Å². The minimum Gasteiger partial charge on any atom is -0.352 e. The van der Waals surface area contributed by atoms with Crippen molar-refractivity contribution in [3.05, 3.63) is 65.2 Å². The fraction of sp³-hybridized carbons (Fsp3) is 0.381. The molecule has 1 fully saturated rings. The zero-order valence-corrected chi connectivity index (χ0v) is 17.0. The quantitative estimate of drug-likeness (QED) is 0.742. The van der Waals surface area contributed by atoms with Crippen LogP contribution in [0.3, 0.4) is 0 Å². The summed E-state index contributed by atoms with van der Waals surface area (Å²) in [5, 5.41) is 6.39. The number of hydrogen-bond acceptors (Lipinski definition) is 3. The van der Waals surface area contributed by atoms with Crippen molar-refractivity contribution in [1.82, 2.24) is 10.6 Å². The van der Waals surface area contributed by atoms with Gasteiger partial charge in [-0.15, -0.1) is 24.2 Å². The molecule has 1 amide bonds. The number of hydrogen-bond donors (Lipinski definition) is 2. The monoisotopic (exact) mass is 390 g/mol. The SMILES string of the molecule is Cc1ccc(SC(C(=O)NC2CCNCC2)c2ccccc2)c(C)c1.Cl. The normalized spacial score (nSPS) is 15.8. The van der Waals surface area contributed by atoms with Crippen LogP contribution < -0.4 is 10.6 Å². The largest absolute Gasteiger partial charge is 0.352 e. The number of nitrogens with one attached hydrogen (secondary N) is 2. The molecular formula is C21H27ClN2OS. The third-order valence-electron chi connectivity index (χ3n) is 4.60. The van der Waals surface area contributed by atoms with Gasteiger partial charge in [0, 0.05) is 10.9 Å². The summed E-state index contributed by atoms with van der Waals surface area (Å²) in [7, 11) is 0. The Labute approximate surface area is 166 Å². The van der Waals surface area contributed by atoms with Crippen molar-refractivity contribution in [3.8, 4) is 0 Å². The fourth-order valence-electron chi connectivity index (χ4n) is 3.20. The fourth-order valence-corrected chi connectivity index (χ4v) is 4.32. The lowest BCUT2D eigenvalue weighted by molar-refractivity contribution is -0.121. The van der Waals surface area contributed by atoms with Crippen molar-refractivity contribution in [2.45, 2.75) is 42.9 Å². The maximum absolute atomic E-state index is 13.0. The van der Waals surface area contributed by atoms with Crippen LogP contribution in [0.1, 0.15) is 34.8 Å². The number of benzene rings is 2. The highest BCUT2D eigenvalue weighted by molar-refractivity contribution is 8.00. The minimum absolute atomic E-state index is 0. The summed E-state index contributed by atoms with van der Waals surface area (Å²) >= 11 is 1.65. The Kier molecular flexibility index (Phi) is 8.01. The maximum Gasteiger partial charge on any atom is 0.238 e. The molecule has 0 aromatic heterocycles. The van der Waals surface area contributed by atoms with Crippen LogP contribution in [-0.4, -0.2) is 25.0 Å². The van der Waals surface area contributed by atoms with E-state index in [4.69, 9.17) is 0 Å². The second-order valence-electron chi connectivity index (χ2n) is 6.71. The molecule has 2 aromatic rings. The Hall–Kier alpha value is -1.49. The van der Waals surface area contributed by atoms with Gasteiger partial charge in [0.05, 0.1) is 0 Å². The van der Waals surface area contributed by atoms with E-state index in [0.29, 0.717) is 0 Å². The van der Waals surface area contributed by atoms with Gasteiger partial charge in [-0.3, -0.25) is 4.79 Å². The first-order valence-corrected chi connectivity index (χ1v) is 9.81. The zero-order valence-electron chi connectivity index (χ0n) is 15.3. The summed E-state index contributed by atoms with van der Waals surface area (Å²) in [6.45, 7) is 6.17. The van der Waals surface area contributed by atoms with E-state index in [2.05, 4.69) is 42.7 Å². The molecule has 3 rings (SSSR count). The number of amides is 1. The maximum atomic E-state index is 13.0. The number of piperidine rings is 1. The van der Waals surface area contributed by atoms with Gasteiger partial charge in [-0.25, -0.2) is 0 Å². The Bertz CT molecular complexity index is 717. The molecule has 0 saturated carbocycles. The van der Waals surface area contributed by atoms with E-state index in [9.17, 15) is 4.79 Å². The average Bonchev–Trinajstić information content (AvgIpc) is 2.62. The van der Waals surface area contributed by atoms with Crippen molar-refractivity contribution < 1.29 is 4.79 Å². The molecule has 2 N–H and O–H groups in total. The number of aryl methyl sites for hydroxylation is 2. The van der Waals surface area contributed by atoms with Crippen LogP contribution in [0.25, 0.3) is 0 Å². The van der Waals surface area contributed by atoms with E-state index in [-0.39, 0.29) is 29.6 Å². The molecule has 0 radical (unpaired) electrons. The summed E-state index contributed by atoms with van der Waals surface area (Å²) in [5.41, 5.74) is 3.52. The van der Waals surface area contributed by atoms with E-state index < -0.39 is 0 Å². The minimum atomic E-state index is -0.225. The van der Waals surface area contributed by atoms with Gasteiger partial charge in [0.1, 0.15) is 5.25 Å². The zero-order chi connectivity index (χ0) is 17.6. The van der Waals surface area contributed by atoms with Crippen LogP contribution in [0.4, 0.5) is 0 Å². The van der Waals surface area contributed by atoms with Crippen molar-refractivity contribution in [2.24, 2.45) is 0 Å². The van der Waals surface area contributed by atoms with E-state index >= 15 is 0 Å². The lowest BCUT2D eigenvalue weighted by atomic mass is 10.1. The molecule has 26 heavy (non-hydrogen) atoms. The molecule has 0 aliphatic carbocycles. The van der Waals surface area contributed by atoms with Crippen LogP contribution >= 0.6 is 24.2 Å². The number of rotatable bonds is 5. The van der Waals surface area contributed by atoms with Gasteiger partial charge in [-0.1, -0.05) is 48.0 Å². The summed E-state index contributed by atoms with van der Waals surface area (Å²) < 4.78 is 0. The van der Waals surface area contributed by atoms with Crippen LogP contribution in [-0.2, 0) is 4.79 Å². The van der Waals surface area contributed by atoms with Gasteiger partial charge in [-0.05, 0) is 57.0 Å². The van der Waals surface area contributed by atoms with Crippen LogP contribution in [0.2, 0.25) is 0 Å². The van der Waals surface area contributed by atoms with Crippen molar-refractivity contribution in [2.75, 3.05) is 13.1 Å². The molecule has 1 heterocycles. The molecule has 1 saturated heterocycles. The van der Waals surface area contributed by atoms with Gasteiger partial charge < -0.3 is 10.6 Å². The molecule has 1 aliphatic rings. The van der Waals surface area contributed by atoms with Crippen LogP contribution in [0.5, 0.6) is 0 Å². The van der Waals surface area contributed by atoms with Gasteiger partial charge in [0.15, 0.2) is 0 Å². The molecule has 0 spiro atoms. The highest BCUT2D eigenvalue weighted by Crippen LogP contribution is 2.37. The molecular weight excluding hydrogens is 364 g/mol. The summed E-state index contributed by atoms with van der Waals surface area (Å²) in [6, 6.07) is 16.8. The number of carbonyl (C=O) groups excluding carboxylic acids is 1. The van der Waals surface area contributed by atoms with Gasteiger partial charge in [0.25, 0.3) is 0 Å². The van der Waals surface area contributed by atoms with Gasteiger partial charge in [0.2, 0.25) is 5.91 Å². The molecule has 1 unspecified atom stereocenters. The van der Waals surface area contributed by atoms with Gasteiger partial charge >= 0.3 is 0 Å². The molecule has 5 heteroatoms. The van der Waals surface area contributed by atoms with Crippen LogP contribution in [0.15, 0.2) is 53.4 Å². The average molecular weight is 391 g/mol. The van der Waals surface area contributed by atoms with E-state index in [1.54, 1.807) is 11.8 Å². The predicted molar refractivity (Wildman–Crippen MR) is 112 cm³/mol. The molecule has 1 aliphatic heterocycles. The second-order valence-corrected chi connectivity index (χ2v) is 7.86. The Balaban J connectivity index is 0.00000243.